The number of benzene rings is 2. The molecule has 0 saturated carbocycles. The van der Waals surface area contributed by atoms with Gasteiger partial charge in [0.1, 0.15) is 5.75 Å². The molecule has 1 atom stereocenters. The number of hydrogen-bond acceptors (Lipinski definition) is 6. The second-order valence-corrected chi connectivity index (χ2v) is 5.51. The summed E-state index contributed by atoms with van der Waals surface area (Å²) in [6.45, 7) is 0. The lowest BCUT2D eigenvalue weighted by Gasteiger charge is -2.14. The first kappa shape index (κ1) is 18.1. The number of carboxylic acid groups (broad SMARTS) is 1. The molecule has 0 amide bonds. The molecule has 0 spiro atoms. The predicted octanol–water partition coefficient (Wildman–Crippen LogP) is 1.98. The fourth-order valence-electron chi connectivity index (χ4n) is 2.21. The van der Waals surface area contributed by atoms with Crippen molar-refractivity contribution in [2.45, 2.75) is 25.4 Å². The van der Waals surface area contributed by atoms with Gasteiger partial charge in [-0.3, -0.25) is 4.79 Å². The van der Waals surface area contributed by atoms with E-state index in [0.717, 1.165) is 0 Å². The Morgan fingerprint density at radius 1 is 0.920 bits per heavy atom. The summed E-state index contributed by atoms with van der Waals surface area (Å²) in [6.07, 6.45) is -1.17. The molecule has 7 heteroatoms. The average molecular weight is 346 g/mol. The standard InChI is InChI=1S/C18H18O7/c19-13-5-1-12(2-6-13)10-16(18(23)24)25-17(22)8-4-11-3-7-14(20)15(21)9-11/h1-3,5-7,9,16,19-21H,4,8,10H2,(H,23,24)/t16-/m1/s1. The van der Waals surface area contributed by atoms with Crippen LogP contribution in [0.4, 0.5) is 0 Å². The average Bonchev–Trinajstić information content (AvgIpc) is 2.57. The van der Waals surface area contributed by atoms with Crippen molar-refractivity contribution in [3.05, 3.63) is 53.6 Å². The molecule has 2 aromatic carbocycles. The number of carbonyl (C=O) groups is 2. The third kappa shape index (κ3) is 5.42. The first-order chi connectivity index (χ1) is 11.8. The third-order valence-corrected chi connectivity index (χ3v) is 3.56. The molecule has 0 aliphatic heterocycles. The van der Waals surface area contributed by atoms with Crippen LogP contribution in [0.5, 0.6) is 17.2 Å². The van der Waals surface area contributed by atoms with Gasteiger partial charge in [-0.1, -0.05) is 18.2 Å². The summed E-state index contributed by atoms with van der Waals surface area (Å²) in [6, 6.07) is 10.1. The van der Waals surface area contributed by atoms with Gasteiger partial charge in [-0.25, -0.2) is 4.79 Å². The molecule has 0 fully saturated rings. The van der Waals surface area contributed by atoms with Gasteiger partial charge in [-0.15, -0.1) is 0 Å². The number of phenolic OH excluding ortho intramolecular Hbond substituents is 3. The van der Waals surface area contributed by atoms with Gasteiger partial charge in [0, 0.05) is 12.8 Å². The fourth-order valence-corrected chi connectivity index (χ4v) is 2.21. The van der Waals surface area contributed by atoms with Crippen LogP contribution >= 0.6 is 0 Å². The van der Waals surface area contributed by atoms with Crippen LogP contribution in [0.15, 0.2) is 42.5 Å². The van der Waals surface area contributed by atoms with E-state index in [1.807, 2.05) is 0 Å². The molecular formula is C18H18O7. The number of aromatic hydroxyl groups is 3. The van der Waals surface area contributed by atoms with E-state index >= 15 is 0 Å². The number of ether oxygens (including phenoxy) is 1. The Bertz CT molecular complexity index is 753. The highest BCUT2D eigenvalue weighted by Gasteiger charge is 2.22. The minimum absolute atomic E-state index is 0.0125. The molecule has 0 aliphatic rings. The van der Waals surface area contributed by atoms with E-state index in [-0.39, 0.29) is 36.5 Å². The first-order valence-electron chi connectivity index (χ1n) is 7.56. The summed E-state index contributed by atoms with van der Waals surface area (Å²) >= 11 is 0. The van der Waals surface area contributed by atoms with Gasteiger partial charge < -0.3 is 25.2 Å². The van der Waals surface area contributed by atoms with E-state index in [0.29, 0.717) is 11.1 Å². The highest BCUT2D eigenvalue weighted by atomic mass is 16.6. The van der Waals surface area contributed by atoms with Gasteiger partial charge in [-0.2, -0.15) is 0 Å². The molecule has 4 N–H and O–H groups in total. The molecule has 0 unspecified atom stereocenters. The normalized spacial score (nSPS) is 11.7. The van der Waals surface area contributed by atoms with Crippen molar-refractivity contribution in [1.29, 1.82) is 0 Å². The maximum Gasteiger partial charge on any atom is 0.345 e. The van der Waals surface area contributed by atoms with E-state index < -0.39 is 18.0 Å². The molecule has 2 rings (SSSR count). The molecule has 0 aliphatic carbocycles. The van der Waals surface area contributed by atoms with E-state index in [2.05, 4.69) is 0 Å². The van der Waals surface area contributed by atoms with Gasteiger partial charge in [0.05, 0.1) is 0 Å². The SMILES string of the molecule is O=C(CCc1ccc(O)c(O)c1)O[C@H](Cc1ccc(O)cc1)C(=O)O. The number of carboxylic acids is 1. The van der Waals surface area contributed by atoms with Crippen LogP contribution in [0.2, 0.25) is 0 Å². The van der Waals surface area contributed by atoms with Gasteiger partial charge in [0.25, 0.3) is 0 Å². The van der Waals surface area contributed by atoms with Gasteiger partial charge in [0.2, 0.25) is 6.10 Å². The number of esters is 1. The van der Waals surface area contributed by atoms with E-state index in [1.165, 1.54) is 24.3 Å². The topological polar surface area (TPSA) is 124 Å². The van der Waals surface area contributed by atoms with Crippen LogP contribution < -0.4 is 0 Å². The monoisotopic (exact) mass is 346 g/mol. The van der Waals surface area contributed by atoms with Gasteiger partial charge in [-0.05, 0) is 41.8 Å². The van der Waals surface area contributed by atoms with Crippen LogP contribution in [-0.2, 0) is 27.2 Å². The Hall–Kier alpha value is -3.22. The zero-order valence-corrected chi connectivity index (χ0v) is 13.3. The second-order valence-electron chi connectivity index (χ2n) is 5.51. The zero-order valence-electron chi connectivity index (χ0n) is 13.3. The molecule has 0 aromatic heterocycles. The number of hydrogen-bond donors (Lipinski definition) is 4. The van der Waals surface area contributed by atoms with Crippen molar-refractivity contribution in [3.63, 3.8) is 0 Å². The minimum atomic E-state index is -1.33. The fraction of sp³-hybridized carbons (Fsp3) is 0.222. The van der Waals surface area contributed by atoms with Gasteiger partial charge >= 0.3 is 11.9 Å². The lowest BCUT2D eigenvalue weighted by Crippen LogP contribution is -2.29. The van der Waals surface area contributed by atoms with Crippen LogP contribution in [0, 0.1) is 0 Å². The number of aliphatic carboxylic acids is 1. The first-order valence-corrected chi connectivity index (χ1v) is 7.56. The number of carbonyl (C=O) groups excluding carboxylic acids is 1. The molecule has 7 nitrogen and oxygen atoms in total. The van der Waals surface area contributed by atoms with Crippen molar-refractivity contribution in [2.75, 3.05) is 0 Å². The molecule has 0 saturated heterocycles. The Morgan fingerprint density at radius 3 is 2.16 bits per heavy atom. The lowest BCUT2D eigenvalue weighted by atomic mass is 10.1. The summed E-state index contributed by atoms with van der Waals surface area (Å²) in [5.41, 5.74) is 1.22. The van der Waals surface area contributed by atoms with Crippen molar-refractivity contribution < 1.29 is 34.8 Å². The quantitative estimate of drug-likeness (QED) is 0.446. The molecule has 2 aromatic rings. The summed E-state index contributed by atoms with van der Waals surface area (Å²) in [5.74, 6) is -2.43. The summed E-state index contributed by atoms with van der Waals surface area (Å²) in [5, 5.41) is 37.1. The third-order valence-electron chi connectivity index (χ3n) is 3.56. The highest BCUT2D eigenvalue weighted by Crippen LogP contribution is 2.25. The van der Waals surface area contributed by atoms with Gasteiger partial charge in [0.15, 0.2) is 11.5 Å². The molecule has 0 radical (unpaired) electrons. The Morgan fingerprint density at radius 2 is 1.56 bits per heavy atom. The molecule has 132 valence electrons. The van der Waals surface area contributed by atoms with E-state index in [1.54, 1.807) is 18.2 Å². The molecule has 0 bridgehead atoms. The Balaban J connectivity index is 1.92. The van der Waals surface area contributed by atoms with Crippen molar-refractivity contribution in [2.24, 2.45) is 0 Å². The van der Waals surface area contributed by atoms with Crippen LogP contribution in [-0.4, -0.2) is 38.5 Å². The zero-order chi connectivity index (χ0) is 18.4. The molecular weight excluding hydrogens is 328 g/mol. The summed E-state index contributed by atoms with van der Waals surface area (Å²) < 4.78 is 5.01. The van der Waals surface area contributed by atoms with Crippen molar-refractivity contribution in [3.8, 4) is 17.2 Å². The lowest BCUT2D eigenvalue weighted by molar-refractivity contribution is -0.163. The summed E-state index contributed by atoms with van der Waals surface area (Å²) in [4.78, 5) is 23.2. The largest absolute Gasteiger partial charge is 0.508 e. The predicted molar refractivity (Wildman–Crippen MR) is 87.4 cm³/mol. The maximum absolute atomic E-state index is 11.9. The highest BCUT2D eigenvalue weighted by molar-refractivity contribution is 5.78. The van der Waals surface area contributed by atoms with Crippen molar-refractivity contribution in [1.82, 2.24) is 0 Å². The van der Waals surface area contributed by atoms with Crippen LogP contribution in [0.1, 0.15) is 17.5 Å². The van der Waals surface area contributed by atoms with Crippen LogP contribution in [0.25, 0.3) is 0 Å². The number of aryl methyl sites for hydroxylation is 1. The second kappa shape index (κ2) is 8.05. The maximum atomic E-state index is 11.9. The van der Waals surface area contributed by atoms with Crippen LogP contribution in [0.3, 0.4) is 0 Å². The number of phenols is 3. The smallest absolute Gasteiger partial charge is 0.345 e. The Kier molecular flexibility index (Phi) is 5.84. The minimum Gasteiger partial charge on any atom is -0.508 e. The number of rotatable bonds is 7. The summed E-state index contributed by atoms with van der Waals surface area (Å²) in [7, 11) is 0. The molecule has 0 heterocycles. The van der Waals surface area contributed by atoms with E-state index in [4.69, 9.17) is 4.74 Å². The Labute approximate surface area is 143 Å². The molecule has 25 heavy (non-hydrogen) atoms. The van der Waals surface area contributed by atoms with E-state index in [9.17, 15) is 30.0 Å². The van der Waals surface area contributed by atoms with Crippen molar-refractivity contribution >= 4 is 11.9 Å².